The van der Waals surface area contributed by atoms with Gasteiger partial charge in [0.15, 0.2) is 0 Å². The van der Waals surface area contributed by atoms with Gasteiger partial charge in [-0.3, -0.25) is 0 Å². The molecule has 13 heavy (non-hydrogen) atoms. The summed E-state index contributed by atoms with van der Waals surface area (Å²) in [6.45, 7) is 8.78. The molecule has 1 rings (SSSR count). The molecule has 0 aliphatic rings. The van der Waals surface area contributed by atoms with E-state index in [2.05, 4.69) is 23.4 Å². The molecule has 74 valence electrons. The Balaban J connectivity index is 2.55. The van der Waals surface area contributed by atoms with Crippen molar-refractivity contribution >= 4 is 0 Å². The smallest absolute Gasteiger partial charge is 0.134 e. The number of nitrogens with zero attached hydrogens (tertiary/aromatic N) is 2. The highest BCUT2D eigenvalue weighted by Gasteiger charge is 2.03. The molecular formula is C10H18N2O. The molecule has 0 spiro atoms. The number of hydrogen-bond donors (Lipinski definition) is 0. The molecule has 1 heterocycles. The quantitative estimate of drug-likeness (QED) is 0.697. The Morgan fingerprint density at radius 2 is 2.31 bits per heavy atom. The number of imidazole rings is 1. The molecule has 0 aliphatic carbocycles. The van der Waals surface area contributed by atoms with Crippen LogP contribution in [0.1, 0.15) is 26.6 Å². The first-order chi connectivity index (χ1) is 6.24. The van der Waals surface area contributed by atoms with Crippen molar-refractivity contribution in [3.05, 3.63) is 18.2 Å². The first kappa shape index (κ1) is 10.3. The minimum Gasteiger partial charge on any atom is -0.374 e. The van der Waals surface area contributed by atoms with Crippen LogP contribution in [0.25, 0.3) is 0 Å². The molecule has 1 aromatic heterocycles. The lowest BCUT2D eigenvalue weighted by Gasteiger charge is -2.09. The predicted octanol–water partition coefficient (Wildman–Crippen LogP) is 2.08. The van der Waals surface area contributed by atoms with Gasteiger partial charge in [0.05, 0.1) is 0 Å². The molecule has 0 aliphatic heterocycles. The van der Waals surface area contributed by atoms with Crippen LogP contribution in [0, 0.1) is 5.92 Å². The van der Waals surface area contributed by atoms with Gasteiger partial charge in [0.1, 0.15) is 12.4 Å². The summed E-state index contributed by atoms with van der Waals surface area (Å²) in [4.78, 5) is 4.24. The molecule has 0 fully saturated rings. The zero-order chi connectivity index (χ0) is 9.68. The molecule has 0 aromatic carbocycles. The van der Waals surface area contributed by atoms with E-state index in [9.17, 15) is 0 Å². The van der Waals surface area contributed by atoms with Gasteiger partial charge in [0, 0.05) is 25.5 Å². The second-order valence-corrected chi connectivity index (χ2v) is 3.53. The molecule has 0 saturated heterocycles. The van der Waals surface area contributed by atoms with Gasteiger partial charge in [-0.15, -0.1) is 0 Å². The fraction of sp³-hybridized carbons (Fsp3) is 0.700. The average molecular weight is 182 g/mol. The maximum atomic E-state index is 5.32. The predicted molar refractivity (Wildman–Crippen MR) is 52.4 cm³/mol. The third-order valence-electron chi connectivity index (χ3n) is 1.80. The van der Waals surface area contributed by atoms with Crippen molar-refractivity contribution in [2.45, 2.75) is 33.9 Å². The molecule has 0 unspecified atom stereocenters. The Labute approximate surface area is 79.7 Å². The average Bonchev–Trinajstić information content (AvgIpc) is 2.48. The van der Waals surface area contributed by atoms with E-state index >= 15 is 0 Å². The molecule has 1 aromatic rings. The molecule has 0 atom stereocenters. The summed E-state index contributed by atoms with van der Waals surface area (Å²) in [6, 6.07) is 0. The van der Waals surface area contributed by atoms with Crippen LogP contribution >= 0.6 is 0 Å². The second-order valence-electron chi connectivity index (χ2n) is 3.53. The van der Waals surface area contributed by atoms with Gasteiger partial charge < -0.3 is 9.30 Å². The summed E-state index contributed by atoms with van der Waals surface area (Å²) in [5, 5.41) is 0. The van der Waals surface area contributed by atoms with Crippen molar-refractivity contribution in [2.24, 2.45) is 5.92 Å². The van der Waals surface area contributed by atoms with Gasteiger partial charge in [0.25, 0.3) is 0 Å². The number of aromatic nitrogens is 2. The monoisotopic (exact) mass is 182 g/mol. The van der Waals surface area contributed by atoms with Crippen LogP contribution in [0.3, 0.4) is 0 Å². The lowest BCUT2D eigenvalue weighted by molar-refractivity contribution is 0.125. The minimum absolute atomic E-state index is 0.621. The highest BCUT2D eigenvalue weighted by Crippen LogP contribution is 2.04. The topological polar surface area (TPSA) is 27.1 Å². The summed E-state index contributed by atoms with van der Waals surface area (Å²) in [5.41, 5.74) is 0. The van der Waals surface area contributed by atoms with Crippen LogP contribution in [-0.2, 0) is 17.9 Å². The van der Waals surface area contributed by atoms with E-state index in [1.807, 2.05) is 19.3 Å². The Morgan fingerprint density at radius 1 is 1.54 bits per heavy atom. The third-order valence-corrected chi connectivity index (χ3v) is 1.80. The van der Waals surface area contributed by atoms with Crippen molar-refractivity contribution in [2.75, 3.05) is 6.61 Å². The molecule has 0 radical (unpaired) electrons. The van der Waals surface area contributed by atoms with Crippen LogP contribution in [-0.4, -0.2) is 16.2 Å². The van der Waals surface area contributed by atoms with Gasteiger partial charge in [-0.25, -0.2) is 4.98 Å². The second kappa shape index (κ2) is 5.02. The molecule has 0 N–H and O–H groups in total. The zero-order valence-electron chi connectivity index (χ0n) is 8.66. The summed E-state index contributed by atoms with van der Waals surface area (Å²) in [7, 11) is 0. The first-order valence-corrected chi connectivity index (χ1v) is 4.81. The van der Waals surface area contributed by atoms with Crippen LogP contribution in [0.4, 0.5) is 0 Å². The lowest BCUT2D eigenvalue weighted by atomic mass is 10.2. The van der Waals surface area contributed by atoms with Crippen molar-refractivity contribution in [3.8, 4) is 0 Å². The standard InChI is InChI=1S/C10H18N2O/c1-4-13-8-10-11-5-6-12(10)7-9(2)3/h5-6,9H,4,7-8H2,1-3H3. The van der Waals surface area contributed by atoms with Gasteiger partial charge in [0.2, 0.25) is 0 Å². The van der Waals surface area contributed by atoms with Crippen molar-refractivity contribution in [1.29, 1.82) is 0 Å². The Bertz CT molecular complexity index is 243. The minimum atomic E-state index is 0.621. The molecule has 0 bridgehead atoms. The number of hydrogen-bond acceptors (Lipinski definition) is 2. The highest BCUT2D eigenvalue weighted by atomic mass is 16.5. The molecule has 0 amide bonds. The fourth-order valence-electron chi connectivity index (χ4n) is 1.23. The van der Waals surface area contributed by atoms with Crippen LogP contribution < -0.4 is 0 Å². The number of ether oxygens (including phenoxy) is 1. The van der Waals surface area contributed by atoms with Gasteiger partial charge >= 0.3 is 0 Å². The Morgan fingerprint density at radius 3 is 2.92 bits per heavy atom. The van der Waals surface area contributed by atoms with E-state index in [0.717, 1.165) is 19.0 Å². The van der Waals surface area contributed by atoms with E-state index in [-0.39, 0.29) is 0 Å². The van der Waals surface area contributed by atoms with Crippen molar-refractivity contribution < 1.29 is 4.74 Å². The van der Waals surface area contributed by atoms with Crippen LogP contribution in [0.15, 0.2) is 12.4 Å². The summed E-state index contributed by atoms with van der Waals surface area (Å²) in [5.74, 6) is 1.67. The SMILES string of the molecule is CCOCc1nccn1CC(C)C. The van der Waals surface area contributed by atoms with Gasteiger partial charge in [-0.05, 0) is 12.8 Å². The van der Waals surface area contributed by atoms with Crippen LogP contribution in [0.5, 0.6) is 0 Å². The normalized spacial score (nSPS) is 11.1. The first-order valence-electron chi connectivity index (χ1n) is 4.81. The van der Waals surface area contributed by atoms with Gasteiger partial charge in [-0.2, -0.15) is 0 Å². The van der Waals surface area contributed by atoms with Crippen molar-refractivity contribution in [3.63, 3.8) is 0 Å². The third kappa shape index (κ3) is 3.19. The summed E-state index contributed by atoms with van der Waals surface area (Å²) < 4.78 is 7.47. The Kier molecular flexibility index (Phi) is 3.96. The van der Waals surface area contributed by atoms with E-state index in [1.54, 1.807) is 0 Å². The molecule has 3 nitrogen and oxygen atoms in total. The van der Waals surface area contributed by atoms with Crippen LogP contribution in [0.2, 0.25) is 0 Å². The molecular weight excluding hydrogens is 164 g/mol. The van der Waals surface area contributed by atoms with E-state index in [4.69, 9.17) is 4.74 Å². The Hall–Kier alpha value is -0.830. The summed E-state index contributed by atoms with van der Waals surface area (Å²) >= 11 is 0. The molecule has 3 heteroatoms. The van der Waals surface area contributed by atoms with Crippen molar-refractivity contribution in [1.82, 2.24) is 9.55 Å². The maximum absolute atomic E-state index is 5.32. The maximum Gasteiger partial charge on any atom is 0.134 e. The van der Waals surface area contributed by atoms with E-state index < -0.39 is 0 Å². The lowest BCUT2D eigenvalue weighted by Crippen LogP contribution is -2.09. The van der Waals surface area contributed by atoms with Gasteiger partial charge in [-0.1, -0.05) is 13.8 Å². The van der Waals surface area contributed by atoms with E-state index in [1.165, 1.54) is 0 Å². The molecule has 0 saturated carbocycles. The highest BCUT2D eigenvalue weighted by molar-refractivity contribution is 4.90. The fourth-order valence-corrected chi connectivity index (χ4v) is 1.23. The summed E-state index contributed by atoms with van der Waals surface area (Å²) in [6.07, 6.45) is 3.84. The van der Waals surface area contributed by atoms with E-state index in [0.29, 0.717) is 12.5 Å². The number of rotatable bonds is 5. The zero-order valence-corrected chi connectivity index (χ0v) is 8.66. The largest absolute Gasteiger partial charge is 0.374 e.